The second-order valence-corrected chi connectivity index (χ2v) is 3.47. The first-order chi connectivity index (χ1) is 7.62. The van der Waals surface area contributed by atoms with Crippen molar-refractivity contribution in [3.63, 3.8) is 0 Å². The maximum absolute atomic E-state index is 10.9. The predicted molar refractivity (Wildman–Crippen MR) is 60.7 cm³/mol. The fourth-order valence-corrected chi connectivity index (χ4v) is 1.52. The molecule has 4 nitrogen and oxygen atoms in total. The van der Waals surface area contributed by atoms with Crippen LogP contribution in [0.5, 0.6) is 17.2 Å². The third kappa shape index (κ3) is 2.79. The average Bonchev–Trinajstić information content (AvgIpc) is 2.27. The molecular weight excluding hydrogens is 232 g/mol. The van der Waals surface area contributed by atoms with Crippen molar-refractivity contribution in [3.05, 3.63) is 17.7 Å². The van der Waals surface area contributed by atoms with E-state index in [1.807, 2.05) is 0 Å². The van der Waals surface area contributed by atoms with Gasteiger partial charge in [-0.15, -0.1) is 0 Å². The van der Waals surface area contributed by atoms with Crippen LogP contribution in [-0.2, 0) is 11.2 Å². The number of benzene rings is 1. The van der Waals surface area contributed by atoms with Gasteiger partial charge in [0.25, 0.3) is 0 Å². The van der Waals surface area contributed by atoms with E-state index in [9.17, 15) is 4.79 Å². The van der Waals surface area contributed by atoms with Crippen molar-refractivity contribution in [2.24, 2.45) is 0 Å². The van der Waals surface area contributed by atoms with Crippen LogP contribution in [0.2, 0.25) is 0 Å². The van der Waals surface area contributed by atoms with Gasteiger partial charge in [0.15, 0.2) is 11.5 Å². The highest BCUT2D eigenvalue weighted by molar-refractivity contribution is 6.63. The third-order valence-corrected chi connectivity index (χ3v) is 2.25. The van der Waals surface area contributed by atoms with Gasteiger partial charge in [0.2, 0.25) is 5.24 Å². The lowest BCUT2D eigenvalue weighted by Crippen LogP contribution is -2.00. The number of hydrogen-bond acceptors (Lipinski definition) is 4. The Morgan fingerprint density at radius 2 is 1.56 bits per heavy atom. The second kappa shape index (κ2) is 5.61. The highest BCUT2D eigenvalue weighted by atomic mass is 35.5. The predicted octanol–water partition coefficient (Wildman–Crippen LogP) is 2.02. The van der Waals surface area contributed by atoms with Gasteiger partial charge in [0.1, 0.15) is 5.75 Å². The average molecular weight is 245 g/mol. The third-order valence-electron chi connectivity index (χ3n) is 2.12. The van der Waals surface area contributed by atoms with E-state index in [2.05, 4.69) is 0 Å². The molecule has 0 bridgehead atoms. The molecule has 16 heavy (non-hydrogen) atoms. The van der Waals surface area contributed by atoms with Crippen molar-refractivity contribution in [2.45, 2.75) is 6.42 Å². The van der Waals surface area contributed by atoms with Gasteiger partial charge < -0.3 is 14.2 Å². The Hall–Kier alpha value is -1.42. The number of hydrogen-bond donors (Lipinski definition) is 0. The number of rotatable bonds is 5. The molecule has 1 aromatic rings. The Bertz CT molecular complexity index is 390. The quantitative estimate of drug-likeness (QED) is 0.744. The smallest absolute Gasteiger partial charge is 0.226 e. The molecule has 1 rings (SSSR count). The molecule has 0 spiro atoms. The van der Waals surface area contributed by atoms with E-state index in [0.717, 1.165) is 0 Å². The van der Waals surface area contributed by atoms with Crippen LogP contribution in [0.15, 0.2) is 12.1 Å². The van der Waals surface area contributed by atoms with Gasteiger partial charge in [-0.3, -0.25) is 4.79 Å². The van der Waals surface area contributed by atoms with Crippen molar-refractivity contribution >= 4 is 16.8 Å². The van der Waals surface area contributed by atoms with Gasteiger partial charge in [-0.1, -0.05) is 0 Å². The minimum atomic E-state index is -0.453. The SMILES string of the molecule is COc1cc(OC)c(OC)cc1CC(=O)Cl. The van der Waals surface area contributed by atoms with E-state index in [0.29, 0.717) is 22.8 Å². The Labute approximate surface area is 99.1 Å². The molecule has 0 fully saturated rings. The van der Waals surface area contributed by atoms with Crippen LogP contribution < -0.4 is 14.2 Å². The summed E-state index contributed by atoms with van der Waals surface area (Å²) in [7, 11) is 4.57. The summed E-state index contributed by atoms with van der Waals surface area (Å²) >= 11 is 5.34. The summed E-state index contributed by atoms with van der Waals surface area (Å²) in [6.45, 7) is 0. The summed E-state index contributed by atoms with van der Waals surface area (Å²) in [4.78, 5) is 10.9. The molecule has 0 atom stereocenters. The standard InChI is InChI=1S/C11H13ClO4/c1-14-8-6-10(16-3)9(15-2)4-7(8)5-11(12)13/h4,6H,5H2,1-3H3. The molecule has 0 saturated heterocycles. The first kappa shape index (κ1) is 12.6. The molecule has 0 aliphatic heterocycles. The summed E-state index contributed by atoms with van der Waals surface area (Å²) in [6.07, 6.45) is 0.0884. The first-order valence-corrected chi connectivity index (χ1v) is 4.97. The zero-order valence-electron chi connectivity index (χ0n) is 9.37. The molecule has 0 heterocycles. The van der Waals surface area contributed by atoms with Crippen LogP contribution in [0.1, 0.15) is 5.56 Å². The molecular formula is C11H13ClO4. The van der Waals surface area contributed by atoms with Crippen molar-refractivity contribution < 1.29 is 19.0 Å². The van der Waals surface area contributed by atoms with Crippen molar-refractivity contribution in [2.75, 3.05) is 21.3 Å². The normalized spacial score (nSPS) is 9.75. The van der Waals surface area contributed by atoms with E-state index in [1.54, 1.807) is 12.1 Å². The molecule has 0 amide bonds. The number of methoxy groups -OCH3 is 3. The van der Waals surface area contributed by atoms with Crippen molar-refractivity contribution in [1.29, 1.82) is 0 Å². The summed E-state index contributed by atoms with van der Waals surface area (Å²) < 4.78 is 15.4. The van der Waals surface area contributed by atoms with Gasteiger partial charge in [0, 0.05) is 11.6 Å². The molecule has 0 N–H and O–H groups in total. The molecule has 0 aliphatic rings. The van der Waals surface area contributed by atoms with Crippen LogP contribution in [0.3, 0.4) is 0 Å². The van der Waals surface area contributed by atoms with Gasteiger partial charge in [-0.2, -0.15) is 0 Å². The number of halogens is 1. The van der Waals surface area contributed by atoms with Crippen molar-refractivity contribution in [3.8, 4) is 17.2 Å². The van der Waals surface area contributed by atoms with E-state index < -0.39 is 5.24 Å². The Morgan fingerprint density at radius 3 is 2.00 bits per heavy atom. The maximum Gasteiger partial charge on any atom is 0.226 e. The first-order valence-electron chi connectivity index (χ1n) is 4.59. The topological polar surface area (TPSA) is 44.8 Å². The molecule has 0 aliphatic carbocycles. The van der Waals surface area contributed by atoms with Crippen molar-refractivity contribution in [1.82, 2.24) is 0 Å². The van der Waals surface area contributed by atoms with Crippen LogP contribution >= 0.6 is 11.6 Å². The summed E-state index contributed by atoms with van der Waals surface area (Å²) in [6, 6.07) is 3.34. The van der Waals surface area contributed by atoms with E-state index in [4.69, 9.17) is 25.8 Å². The molecule has 88 valence electrons. The minimum absolute atomic E-state index is 0.0884. The van der Waals surface area contributed by atoms with Crippen LogP contribution in [0.25, 0.3) is 0 Å². The highest BCUT2D eigenvalue weighted by Gasteiger charge is 2.13. The van der Waals surface area contributed by atoms with Gasteiger partial charge in [0.05, 0.1) is 27.8 Å². The fourth-order valence-electron chi connectivity index (χ4n) is 1.38. The lowest BCUT2D eigenvalue weighted by atomic mass is 10.1. The van der Waals surface area contributed by atoms with Crippen LogP contribution in [-0.4, -0.2) is 26.6 Å². The minimum Gasteiger partial charge on any atom is -0.496 e. The van der Waals surface area contributed by atoms with Crippen LogP contribution in [0.4, 0.5) is 0 Å². The molecule has 0 aromatic heterocycles. The Kier molecular flexibility index (Phi) is 4.43. The molecule has 0 saturated carbocycles. The van der Waals surface area contributed by atoms with E-state index in [1.165, 1.54) is 21.3 Å². The van der Waals surface area contributed by atoms with Crippen LogP contribution in [0, 0.1) is 0 Å². The highest BCUT2D eigenvalue weighted by Crippen LogP contribution is 2.34. The zero-order valence-corrected chi connectivity index (χ0v) is 10.1. The number of carbonyl (C=O) groups excluding carboxylic acids is 1. The fraction of sp³-hybridized carbons (Fsp3) is 0.364. The second-order valence-electron chi connectivity index (χ2n) is 3.05. The molecule has 0 radical (unpaired) electrons. The number of ether oxygens (including phenoxy) is 3. The summed E-state index contributed by atoms with van der Waals surface area (Å²) in [5.41, 5.74) is 0.667. The monoisotopic (exact) mass is 244 g/mol. The Morgan fingerprint density at radius 1 is 1.06 bits per heavy atom. The molecule has 0 unspecified atom stereocenters. The van der Waals surface area contributed by atoms with Gasteiger partial charge in [-0.05, 0) is 17.7 Å². The van der Waals surface area contributed by atoms with E-state index in [-0.39, 0.29) is 6.42 Å². The lowest BCUT2D eigenvalue weighted by Gasteiger charge is -2.12. The zero-order chi connectivity index (χ0) is 12.1. The lowest BCUT2D eigenvalue weighted by molar-refractivity contribution is -0.111. The molecule has 5 heteroatoms. The Balaban J connectivity index is 3.20. The molecule has 1 aromatic carbocycles. The van der Waals surface area contributed by atoms with E-state index >= 15 is 0 Å². The number of carbonyl (C=O) groups is 1. The summed E-state index contributed by atoms with van der Waals surface area (Å²) in [5.74, 6) is 1.63. The van der Waals surface area contributed by atoms with Gasteiger partial charge >= 0.3 is 0 Å². The largest absolute Gasteiger partial charge is 0.496 e. The van der Waals surface area contributed by atoms with Gasteiger partial charge in [-0.25, -0.2) is 0 Å². The summed E-state index contributed by atoms with van der Waals surface area (Å²) in [5, 5.41) is -0.453. The maximum atomic E-state index is 10.9.